The molecule has 0 unspecified atom stereocenters. The molecular weight excluding hydrogens is 366 g/mol. The van der Waals surface area contributed by atoms with E-state index in [0.717, 1.165) is 27.2 Å². The summed E-state index contributed by atoms with van der Waals surface area (Å²) in [4.78, 5) is 19.3. The molecule has 0 radical (unpaired) electrons. The van der Waals surface area contributed by atoms with Crippen LogP contribution >= 0.6 is 23.1 Å². The number of aromatic nitrogens is 3. The second kappa shape index (κ2) is 7.23. The maximum Gasteiger partial charge on any atom is 0.266 e. The summed E-state index contributed by atoms with van der Waals surface area (Å²) >= 11 is 3.04. The molecule has 4 rings (SSSR count). The van der Waals surface area contributed by atoms with E-state index in [1.54, 1.807) is 30.1 Å². The summed E-state index contributed by atoms with van der Waals surface area (Å²) in [7, 11) is 0. The first-order valence-corrected chi connectivity index (χ1v) is 9.77. The van der Waals surface area contributed by atoms with E-state index in [1.807, 2.05) is 52.5 Å². The number of aromatic amines is 1. The Morgan fingerprint density at radius 1 is 1.23 bits per heavy atom. The molecule has 7 heteroatoms. The molecule has 2 N–H and O–H groups in total. The zero-order valence-corrected chi connectivity index (χ0v) is 15.3. The number of thioether (sulfide) groups is 1. The van der Waals surface area contributed by atoms with Crippen LogP contribution in [0.25, 0.3) is 17.1 Å². The minimum absolute atomic E-state index is 0.0859. The van der Waals surface area contributed by atoms with Gasteiger partial charge in [-0.3, -0.25) is 4.79 Å². The number of thiazole rings is 1. The zero-order chi connectivity index (χ0) is 17.9. The Kier molecular flexibility index (Phi) is 4.64. The highest BCUT2D eigenvalue weighted by atomic mass is 32.2. The molecule has 5 nitrogen and oxygen atoms in total. The largest absolute Gasteiger partial charge is 0.508 e. The third-order valence-electron chi connectivity index (χ3n) is 3.77. The van der Waals surface area contributed by atoms with E-state index in [-0.39, 0.29) is 11.3 Å². The van der Waals surface area contributed by atoms with Gasteiger partial charge in [-0.15, -0.1) is 23.1 Å². The molecule has 0 saturated carbocycles. The van der Waals surface area contributed by atoms with Crippen molar-refractivity contribution in [1.29, 1.82) is 0 Å². The van der Waals surface area contributed by atoms with Crippen molar-refractivity contribution in [3.63, 3.8) is 0 Å². The second-order valence-electron chi connectivity index (χ2n) is 5.68. The number of pyridine rings is 1. The molecule has 0 aliphatic rings. The Balaban J connectivity index is 1.56. The van der Waals surface area contributed by atoms with Crippen LogP contribution in [0, 0.1) is 0 Å². The Labute approximate surface area is 157 Å². The monoisotopic (exact) mass is 381 g/mol. The van der Waals surface area contributed by atoms with Gasteiger partial charge in [0.25, 0.3) is 5.56 Å². The molecule has 0 saturated heterocycles. The molecule has 3 aromatic heterocycles. The van der Waals surface area contributed by atoms with Crippen LogP contribution in [-0.2, 0) is 5.75 Å². The van der Waals surface area contributed by atoms with E-state index in [1.165, 1.54) is 11.3 Å². The number of H-pyrrole nitrogens is 1. The van der Waals surface area contributed by atoms with Gasteiger partial charge < -0.3 is 14.5 Å². The molecule has 4 aromatic rings. The minimum atomic E-state index is -0.0859. The standard InChI is InChI=1S/C19H15N3O2S2/c23-15-4-1-13(2-5-15)11-25-12-18-21-19(24)16(26-18)9-14-3-6-17-20-7-8-22(17)10-14/h1-10,12,23H,11H2,(H,21,24)/b16-9-,18-12+. The van der Waals surface area contributed by atoms with Crippen LogP contribution in [0.2, 0.25) is 0 Å². The van der Waals surface area contributed by atoms with Crippen molar-refractivity contribution in [2.24, 2.45) is 0 Å². The van der Waals surface area contributed by atoms with Crippen molar-refractivity contribution in [2.75, 3.05) is 0 Å². The van der Waals surface area contributed by atoms with Crippen LogP contribution in [0.4, 0.5) is 0 Å². The van der Waals surface area contributed by atoms with Gasteiger partial charge in [0.1, 0.15) is 16.1 Å². The highest BCUT2D eigenvalue weighted by molar-refractivity contribution is 8.05. The molecule has 0 amide bonds. The van der Waals surface area contributed by atoms with Gasteiger partial charge in [0.05, 0.1) is 4.53 Å². The average Bonchev–Trinajstić information content (AvgIpc) is 3.23. The fourth-order valence-corrected chi connectivity index (χ4v) is 4.29. The second-order valence-corrected chi connectivity index (χ2v) is 7.62. The number of hydrogen-bond acceptors (Lipinski definition) is 5. The third kappa shape index (κ3) is 3.74. The summed E-state index contributed by atoms with van der Waals surface area (Å²) in [6, 6.07) is 11.0. The molecule has 0 aliphatic carbocycles. The molecular formula is C19H15N3O2S2. The van der Waals surface area contributed by atoms with Crippen molar-refractivity contribution in [3.05, 3.63) is 85.7 Å². The molecule has 3 heterocycles. The molecule has 26 heavy (non-hydrogen) atoms. The maximum atomic E-state index is 12.2. The first kappa shape index (κ1) is 16.7. The van der Waals surface area contributed by atoms with E-state index in [0.29, 0.717) is 4.53 Å². The fraction of sp³-hybridized carbons (Fsp3) is 0.0526. The fourth-order valence-electron chi connectivity index (χ4n) is 2.49. The number of nitrogens with one attached hydrogen (secondary N) is 1. The Hall–Kier alpha value is -2.77. The lowest BCUT2D eigenvalue weighted by Gasteiger charge is -1.97. The highest BCUT2D eigenvalue weighted by Gasteiger charge is 1.98. The predicted molar refractivity (Wildman–Crippen MR) is 107 cm³/mol. The molecule has 130 valence electrons. The smallest absolute Gasteiger partial charge is 0.266 e. The van der Waals surface area contributed by atoms with Gasteiger partial charge in [-0.05, 0) is 41.5 Å². The molecule has 0 atom stereocenters. The van der Waals surface area contributed by atoms with Crippen molar-refractivity contribution in [2.45, 2.75) is 5.75 Å². The topological polar surface area (TPSA) is 70.4 Å². The quantitative estimate of drug-likeness (QED) is 0.569. The maximum absolute atomic E-state index is 12.2. The van der Waals surface area contributed by atoms with Crippen LogP contribution in [-0.4, -0.2) is 19.5 Å². The van der Waals surface area contributed by atoms with Crippen molar-refractivity contribution in [1.82, 2.24) is 14.4 Å². The Morgan fingerprint density at radius 3 is 2.92 bits per heavy atom. The van der Waals surface area contributed by atoms with Gasteiger partial charge in [0, 0.05) is 29.8 Å². The van der Waals surface area contributed by atoms with E-state index < -0.39 is 0 Å². The van der Waals surface area contributed by atoms with Crippen LogP contribution in [0.15, 0.2) is 59.8 Å². The Bertz CT molecular complexity index is 1220. The van der Waals surface area contributed by atoms with Gasteiger partial charge in [-0.1, -0.05) is 12.1 Å². The van der Waals surface area contributed by atoms with E-state index in [4.69, 9.17) is 0 Å². The van der Waals surface area contributed by atoms with E-state index in [9.17, 15) is 9.90 Å². The van der Waals surface area contributed by atoms with Gasteiger partial charge in [0.2, 0.25) is 0 Å². The zero-order valence-electron chi connectivity index (χ0n) is 13.6. The lowest BCUT2D eigenvalue weighted by Crippen LogP contribution is -2.19. The molecule has 0 spiro atoms. The van der Waals surface area contributed by atoms with Crippen LogP contribution in [0.3, 0.4) is 0 Å². The van der Waals surface area contributed by atoms with Crippen LogP contribution in [0.1, 0.15) is 11.1 Å². The molecule has 0 fully saturated rings. The summed E-state index contributed by atoms with van der Waals surface area (Å²) in [5.74, 6) is 1.04. The lowest BCUT2D eigenvalue weighted by molar-refractivity contribution is 0.475. The first-order chi connectivity index (χ1) is 12.7. The number of nitrogens with zero attached hydrogens (tertiary/aromatic N) is 2. The summed E-state index contributed by atoms with van der Waals surface area (Å²) in [5.41, 5.74) is 2.86. The molecule has 0 bridgehead atoms. The van der Waals surface area contributed by atoms with Crippen LogP contribution in [0.5, 0.6) is 5.75 Å². The molecule has 0 aliphatic heterocycles. The van der Waals surface area contributed by atoms with E-state index >= 15 is 0 Å². The number of hydrogen-bond donors (Lipinski definition) is 2. The number of phenols is 1. The van der Waals surface area contributed by atoms with Crippen molar-refractivity contribution < 1.29 is 5.11 Å². The normalized spacial score (nSPS) is 12.9. The van der Waals surface area contributed by atoms with Gasteiger partial charge in [0.15, 0.2) is 0 Å². The van der Waals surface area contributed by atoms with Gasteiger partial charge >= 0.3 is 0 Å². The molecule has 1 aromatic carbocycles. The number of aromatic hydroxyl groups is 1. The summed E-state index contributed by atoms with van der Waals surface area (Å²) in [6.45, 7) is 0. The average molecular weight is 381 g/mol. The number of benzene rings is 1. The third-order valence-corrected chi connectivity index (χ3v) is 5.78. The lowest BCUT2D eigenvalue weighted by atomic mass is 10.2. The number of imidazole rings is 1. The van der Waals surface area contributed by atoms with Crippen LogP contribution < -0.4 is 14.8 Å². The van der Waals surface area contributed by atoms with Crippen molar-refractivity contribution in [3.8, 4) is 5.75 Å². The SMILES string of the molecule is O=c1[nH]/c(=C\SCc2ccc(O)cc2)s/c1=C\c1ccc2nccn2c1. The van der Waals surface area contributed by atoms with E-state index in [2.05, 4.69) is 9.97 Å². The number of phenolic OH excluding ortho intramolecular Hbond substituents is 1. The predicted octanol–water partition coefficient (Wildman–Crippen LogP) is 2.29. The van der Waals surface area contributed by atoms with Gasteiger partial charge in [-0.2, -0.15) is 0 Å². The summed E-state index contributed by atoms with van der Waals surface area (Å²) in [5, 5.41) is 11.3. The number of rotatable bonds is 4. The first-order valence-electron chi connectivity index (χ1n) is 7.91. The van der Waals surface area contributed by atoms with Gasteiger partial charge in [-0.25, -0.2) is 4.98 Å². The summed E-state index contributed by atoms with van der Waals surface area (Å²) in [6.07, 6.45) is 7.45. The highest BCUT2D eigenvalue weighted by Crippen LogP contribution is 2.16. The minimum Gasteiger partial charge on any atom is -0.508 e. The number of fused-ring (bicyclic) bond motifs is 1. The Morgan fingerprint density at radius 2 is 2.08 bits per heavy atom. The van der Waals surface area contributed by atoms with Crippen molar-refractivity contribution >= 4 is 40.2 Å². The summed E-state index contributed by atoms with van der Waals surface area (Å²) < 4.78 is 3.42.